The Morgan fingerprint density at radius 3 is 2.63 bits per heavy atom. The maximum absolute atomic E-state index is 12.8. The first-order chi connectivity index (χ1) is 13.1. The zero-order valence-electron chi connectivity index (χ0n) is 15.0. The molecular weight excluding hydrogens is 368 g/mol. The van der Waals surface area contributed by atoms with Gasteiger partial charge in [-0.3, -0.25) is 9.59 Å². The van der Waals surface area contributed by atoms with E-state index in [1.807, 2.05) is 17.0 Å². The maximum Gasteiger partial charge on any atom is 0.254 e. The Bertz CT molecular complexity index is 805. The fraction of sp³-hybridized carbons (Fsp3) is 0.316. The molecule has 0 radical (unpaired) electrons. The molecule has 1 aromatic heterocycles. The average Bonchev–Trinajstić information content (AvgIpc) is 2.68. The van der Waals surface area contributed by atoms with E-state index in [9.17, 15) is 9.59 Å². The topological polar surface area (TPSA) is 74.8 Å². The van der Waals surface area contributed by atoms with Crippen LogP contribution in [0.25, 0.3) is 0 Å². The molecule has 0 unspecified atom stereocenters. The summed E-state index contributed by atoms with van der Waals surface area (Å²) in [6.07, 6.45) is 1.62. The molecule has 0 spiro atoms. The highest BCUT2D eigenvalue weighted by atomic mass is 35.5. The minimum Gasteiger partial charge on any atom is -0.375 e. The molecule has 0 aliphatic carbocycles. The third-order valence-corrected chi connectivity index (χ3v) is 4.49. The first kappa shape index (κ1) is 19.1. The molecule has 2 aromatic rings. The van der Waals surface area contributed by atoms with Crippen LogP contribution in [0.3, 0.4) is 0 Å². The first-order valence-electron chi connectivity index (χ1n) is 8.61. The molecule has 1 fully saturated rings. The molecule has 8 heteroatoms. The van der Waals surface area contributed by atoms with Crippen LogP contribution in [0.5, 0.6) is 0 Å². The van der Waals surface area contributed by atoms with E-state index in [-0.39, 0.29) is 18.4 Å². The van der Waals surface area contributed by atoms with Crippen LogP contribution >= 0.6 is 11.6 Å². The van der Waals surface area contributed by atoms with E-state index < -0.39 is 0 Å². The highest BCUT2D eigenvalue weighted by molar-refractivity contribution is 6.30. The van der Waals surface area contributed by atoms with Gasteiger partial charge in [-0.25, -0.2) is 4.98 Å². The second kappa shape index (κ2) is 8.83. The minimum absolute atomic E-state index is 0.0289. The second-order valence-electron chi connectivity index (χ2n) is 6.18. The van der Waals surface area contributed by atoms with E-state index in [1.54, 1.807) is 30.5 Å². The highest BCUT2D eigenvalue weighted by Crippen LogP contribution is 2.18. The summed E-state index contributed by atoms with van der Waals surface area (Å²) in [5, 5.41) is 3.31. The molecular formula is C19H21ClN4O3. The van der Waals surface area contributed by atoms with Crippen molar-refractivity contribution in [2.75, 3.05) is 50.1 Å². The van der Waals surface area contributed by atoms with E-state index >= 15 is 0 Å². The number of benzene rings is 1. The number of ether oxygens (including phenoxy) is 1. The lowest BCUT2D eigenvalue weighted by molar-refractivity contribution is -0.119. The smallest absolute Gasteiger partial charge is 0.254 e. The summed E-state index contributed by atoms with van der Waals surface area (Å²) >= 11 is 5.88. The van der Waals surface area contributed by atoms with Gasteiger partial charge < -0.3 is 19.9 Å². The van der Waals surface area contributed by atoms with Gasteiger partial charge in [0.1, 0.15) is 12.4 Å². The number of nitrogens with zero attached hydrogens (tertiary/aromatic N) is 3. The number of piperazine rings is 1. The average molecular weight is 389 g/mol. The number of aromatic nitrogens is 1. The normalized spacial score (nSPS) is 14.1. The molecule has 7 nitrogen and oxygen atoms in total. The number of carbonyl (C=O) groups is 2. The van der Waals surface area contributed by atoms with Crippen LogP contribution in [0.2, 0.25) is 5.02 Å². The Labute approximate surface area is 162 Å². The van der Waals surface area contributed by atoms with Crippen LogP contribution in [0, 0.1) is 0 Å². The Balaban J connectivity index is 1.60. The highest BCUT2D eigenvalue weighted by Gasteiger charge is 2.23. The molecule has 0 bridgehead atoms. The van der Waals surface area contributed by atoms with E-state index in [4.69, 9.17) is 16.3 Å². The standard InChI is InChI=1S/C19H21ClN4O3/c1-27-13-18(25)22-16-4-2-3-14(11-16)19(26)24-9-7-23(8-10-24)17-6-5-15(20)12-21-17/h2-6,11-12H,7-10,13H2,1H3,(H,22,25). The minimum atomic E-state index is -0.258. The van der Waals surface area contributed by atoms with Gasteiger partial charge in [0.2, 0.25) is 5.91 Å². The molecule has 2 heterocycles. The predicted octanol–water partition coefficient (Wildman–Crippen LogP) is 2.28. The summed E-state index contributed by atoms with van der Waals surface area (Å²) in [5.74, 6) is 0.544. The lowest BCUT2D eigenvalue weighted by Gasteiger charge is -2.35. The number of hydrogen-bond donors (Lipinski definition) is 1. The van der Waals surface area contributed by atoms with Crippen molar-refractivity contribution in [2.45, 2.75) is 0 Å². The zero-order chi connectivity index (χ0) is 19.2. The number of nitrogens with one attached hydrogen (secondary N) is 1. The molecule has 0 saturated carbocycles. The Kier molecular flexibility index (Phi) is 6.26. The van der Waals surface area contributed by atoms with Crippen LogP contribution < -0.4 is 10.2 Å². The molecule has 1 saturated heterocycles. The van der Waals surface area contributed by atoms with Gasteiger partial charge in [-0.05, 0) is 30.3 Å². The third kappa shape index (κ3) is 4.96. The van der Waals surface area contributed by atoms with Crippen LogP contribution in [0.1, 0.15) is 10.4 Å². The quantitative estimate of drug-likeness (QED) is 0.850. The van der Waals surface area contributed by atoms with Crippen LogP contribution in [-0.2, 0) is 9.53 Å². The van der Waals surface area contributed by atoms with Crippen molar-refractivity contribution in [1.29, 1.82) is 0 Å². The van der Waals surface area contributed by atoms with Gasteiger partial charge >= 0.3 is 0 Å². The van der Waals surface area contributed by atoms with Crippen LogP contribution in [0.15, 0.2) is 42.6 Å². The monoisotopic (exact) mass is 388 g/mol. The molecule has 3 rings (SSSR count). The summed E-state index contributed by atoms with van der Waals surface area (Å²) in [5.41, 5.74) is 1.12. The van der Waals surface area contributed by atoms with Gasteiger partial charge in [0.15, 0.2) is 0 Å². The van der Waals surface area contributed by atoms with Crippen molar-refractivity contribution in [3.63, 3.8) is 0 Å². The molecule has 142 valence electrons. The van der Waals surface area contributed by atoms with Gasteiger partial charge in [-0.15, -0.1) is 0 Å². The molecule has 0 atom stereocenters. The van der Waals surface area contributed by atoms with E-state index in [1.165, 1.54) is 7.11 Å². The summed E-state index contributed by atoms with van der Waals surface area (Å²) < 4.78 is 4.80. The molecule has 1 aromatic carbocycles. The number of halogens is 1. The number of anilines is 2. The van der Waals surface area contributed by atoms with Gasteiger partial charge in [0.05, 0.1) is 5.02 Å². The molecule has 1 N–H and O–H groups in total. The van der Waals surface area contributed by atoms with Crippen molar-refractivity contribution in [1.82, 2.24) is 9.88 Å². The van der Waals surface area contributed by atoms with E-state index in [0.717, 1.165) is 5.82 Å². The van der Waals surface area contributed by atoms with Crippen molar-refractivity contribution >= 4 is 34.9 Å². The van der Waals surface area contributed by atoms with Gasteiger partial charge in [0, 0.05) is 50.7 Å². The Hall–Kier alpha value is -2.64. The third-order valence-electron chi connectivity index (χ3n) is 4.27. The molecule has 1 aliphatic heterocycles. The Morgan fingerprint density at radius 1 is 1.19 bits per heavy atom. The summed E-state index contributed by atoms with van der Waals surface area (Å²) in [4.78, 5) is 32.7. The number of methoxy groups -OCH3 is 1. The zero-order valence-corrected chi connectivity index (χ0v) is 15.8. The van der Waals surface area contributed by atoms with E-state index in [0.29, 0.717) is 42.5 Å². The SMILES string of the molecule is COCC(=O)Nc1cccc(C(=O)N2CCN(c3ccc(Cl)cn3)CC2)c1. The summed E-state index contributed by atoms with van der Waals surface area (Å²) in [6, 6.07) is 10.6. The first-order valence-corrected chi connectivity index (χ1v) is 8.99. The maximum atomic E-state index is 12.8. The summed E-state index contributed by atoms with van der Waals surface area (Å²) in [7, 11) is 1.46. The fourth-order valence-corrected chi connectivity index (χ4v) is 3.05. The Morgan fingerprint density at radius 2 is 1.96 bits per heavy atom. The van der Waals surface area contributed by atoms with Gasteiger partial charge in [0.25, 0.3) is 5.91 Å². The largest absolute Gasteiger partial charge is 0.375 e. The number of pyridine rings is 1. The van der Waals surface area contributed by atoms with Gasteiger partial charge in [-0.2, -0.15) is 0 Å². The number of carbonyl (C=O) groups excluding carboxylic acids is 2. The van der Waals surface area contributed by atoms with Crippen molar-refractivity contribution in [2.24, 2.45) is 0 Å². The molecule has 1 aliphatic rings. The molecule has 2 amide bonds. The van der Waals surface area contributed by atoms with E-state index in [2.05, 4.69) is 15.2 Å². The second-order valence-corrected chi connectivity index (χ2v) is 6.61. The predicted molar refractivity (Wildman–Crippen MR) is 104 cm³/mol. The fourth-order valence-electron chi connectivity index (χ4n) is 2.93. The lowest BCUT2D eigenvalue weighted by Crippen LogP contribution is -2.49. The summed E-state index contributed by atoms with van der Waals surface area (Å²) in [6.45, 7) is 2.57. The van der Waals surface area contributed by atoms with Crippen molar-refractivity contribution in [3.8, 4) is 0 Å². The number of rotatable bonds is 5. The van der Waals surface area contributed by atoms with Crippen molar-refractivity contribution < 1.29 is 14.3 Å². The van der Waals surface area contributed by atoms with Crippen LogP contribution in [0.4, 0.5) is 11.5 Å². The molecule has 27 heavy (non-hydrogen) atoms. The number of amides is 2. The lowest BCUT2D eigenvalue weighted by atomic mass is 10.1. The van der Waals surface area contributed by atoms with Gasteiger partial charge in [-0.1, -0.05) is 17.7 Å². The van der Waals surface area contributed by atoms with Crippen LogP contribution in [-0.4, -0.2) is 61.6 Å². The van der Waals surface area contributed by atoms with Crippen molar-refractivity contribution in [3.05, 3.63) is 53.2 Å². The number of hydrogen-bond acceptors (Lipinski definition) is 5.